The first-order valence-corrected chi connectivity index (χ1v) is 8.42. The summed E-state index contributed by atoms with van der Waals surface area (Å²) in [5, 5.41) is 4.22. The van der Waals surface area contributed by atoms with Crippen molar-refractivity contribution in [1.82, 2.24) is 10.3 Å². The number of fused-ring (bicyclic) bond motifs is 1. The van der Waals surface area contributed by atoms with Gasteiger partial charge in [0, 0.05) is 22.0 Å². The molecule has 1 aromatic heterocycles. The van der Waals surface area contributed by atoms with E-state index in [0.29, 0.717) is 17.1 Å². The molecule has 1 fully saturated rings. The summed E-state index contributed by atoms with van der Waals surface area (Å²) in [5.41, 5.74) is 1.19. The maximum absolute atomic E-state index is 12.1. The molecule has 3 rings (SSSR count). The Labute approximate surface area is 121 Å². The molecule has 0 aliphatic carbocycles. The predicted molar refractivity (Wildman–Crippen MR) is 77.8 cm³/mol. The number of sulfone groups is 1. The second-order valence-corrected chi connectivity index (χ2v) is 7.65. The van der Waals surface area contributed by atoms with E-state index in [-0.39, 0.29) is 23.5 Å². The van der Waals surface area contributed by atoms with Gasteiger partial charge in [-0.3, -0.25) is 4.79 Å². The van der Waals surface area contributed by atoms with Crippen molar-refractivity contribution < 1.29 is 13.2 Å². The summed E-state index contributed by atoms with van der Waals surface area (Å²) in [4.78, 5) is 15.1. The van der Waals surface area contributed by atoms with Crippen molar-refractivity contribution in [3.63, 3.8) is 0 Å². The van der Waals surface area contributed by atoms with E-state index in [4.69, 9.17) is 11.6 Å². The van der Waals surface area contributed by atoms with Crippen LogP contribution in [0.3, 0.4) is 0 Å². The fourth-order valence-corrected chi connectivity index (χ4v) is 4.24. The van der Waals surface area contributed by atoms with Crippen LogP contribution < -0.4 is 5.32 Å². The first kappa shape index (κ1) is 13.5. The molecule has 1 aromatic carbocycles. The van der Waals surface area contributed by atoms with E-state index in [0.717, 1.165) is 10.9 Å². The van der Waals surface area contributed by atoms with Crippen LogP contribution in [0.4, 0.5) is 0 Å². The van der Waals surface area contributed by atoms with Crippen molar-refractivity contribution >= 4 is 38.2 Å². The number of rotatable bonds is 2. The number of halogens is 1. The van der Waals surface area contributed by atoms with Crippen molar-refractivity contribution in [3.8, 4) is 0 Å². The Morgan fingerprint density at radius 1 is 1.35 bits per heavy atom. The number of amides is 1. The van der Waals surface area contributed by atoms with E-state index in [1.54, 1.807) is 18.2 Å². The molecule has 1 saturated heterocycles. The fraction of sp³-hybridized carbons (Fsp3) is 0.308. The summed E-state index contributed by atoms with van der Waals surface area (Å²) >= 11 is 5.89. The van der Waals surface area contributed by atoms with Gasteiger partial charge in [0.05, 0.1) is 11.5 Å². The molecule has 1 aliphatic rings. The van der Waals surface area contributed by atoms with Gasteiger partial charge >= 0.3 is 0 Å². The molecule has 0 spiro atoms. The summed E-state index contributed by atoms with van der Waals surface area (Å²) in [6.45, 7) is 0. The van der Waals surface area contributed by atoms with Crippen molar-refractivity contribution in [1.29, 1.82) is 0 Å². The second-order valence-electron chi connectivity index (χ2n) is 4.99. The van der Waals surface area contributed by atoms with Crippen molar-refractivity contribution in [2.24, 2.45) is 0 Å². The third-order valence-corrected chi connectivity index (χ3v) is 5.40. The summed E-state index contributed by atoms with van der Waals surface area (Å²) in [6, 6.07) is 6.74. The number of carbonyl (C=O) groups is 1. The van der Waals surface area contributed by atoms with Crippen molar-refractivity contribution in [2.75, 3.05) is 11.5 Å². The van der Waals surface area contributed by atoms with Crippen LogP contribution in [0.2, 0.25) is 5.02 Å². The molecule has 1 atom stereocenters. The van der Waals surface area contributed by atoms with Gasteiger partial charge in [0.15, 0.2) is 9.84 Å². The summed E-state index contributed by atoms with van der Waals surface area (Å²) in [5.74, 6) is -0.134. The lowest BCUT2D eigenvalue weighted by Crippen LogP contribution is -2.35. The molecule has 2 aromatic rings. The SMILES string of the molecule is O=C(N[C@H]1CCS(=O)(=O)C1)c1cc2ccc(Cl)cc2[nH]1. The summed E-state index contributed by atoms with van der Waals surface area (Å²) < 4.78 is 22.7. The average Bonchev–Trinajstić information content (AvgIpc) is 2.92. The average molecular weight is 313 g/mol. The Hall–Kier alpha value is -1.53. The van der Waals surface area contributed by atoms with Gasteiger partial charge in [-0.2, -0.15) is 0 Å². The molecule has 0 radical (unpaired) electrons. The smallest absolute Gasteiger partial charge is 0.267 e. The Kier molecular flexibility index (Phi) is 3.22. The monoisotopic (exact) mass is 312 g/mol. The molecule has 2 heterocycles. The van der Waals surface area contributed by atoms with Gasteiger partial charge in [0.1, 0.15) is 5.69 Å². The Bertz CT molecular complexity index is 782. The lowest BCUT2D eigenvalue weighted by atomic mass is 10.2. The normalized spacial score (nSPS) is 21.1. The molecule has 1 amide bonds. The maximum Gasteiger partial charge on any atom is 0.267 e. The standard InChI is InChI=1S/C13H13ClN2O3S/c14-9-2-1-8-5-12(16-11(8)6-9)13(17)15-10-3-4-20(18,19)7-10/h1-2,5-6,10,16H,3-4,7H2,(H,15,17)/t10-/m0/s1. The van der Waals surface area contributed by atoms with Gasteiger partial charge in [-0.25, -0.2) is 8.42 Å². The third-order valence-electron chi connectivity index (χ3n) is 3.40. The van der Waals surface area contributed by atoms with Crippen molar-refractivity contribution in [3.05, 3.63) is 35.0 Å². The second kappa shape index (κ2) is 4.79. The first-order valence-electron chi connectivity index (χ1n) is 6.22. The van der Waals surface area contributed by atoms with Crippen LogP contribution in [0.15, 0.2) is 24.3 Å². The van der Waals surface area contributed by atoms with Gasteiger partial charge in [-0.05, 0) is 24.6 Å². The highest BCUT2D eigenvalue weighted by Gasteiger charge is 2.29. The highest BCUT2D eigenvalue weighted by Crippen LogP contribution is 2.20. The predicted octanol–water partition coefficient (Wildman–Crippen LogP) is 1.74. The number of hydrogen-bond donors (Lipinski definition) is 2. The van der Waals surface area contributed by atoms with Gasteiger partial charge in [-0.1, -0.05) is 17.7 Å². The van der Waals surface area contributed by atoms with E-state index in [1.165, 1.54) is 0 Å². The highest BCUT2D eigenvalue weighted by molar-refractivity contribution is 7.91. The van der Waals surface area contributed by atoms with Crippen LogP contribution in [-0.4, -0.2) is 36.9 Å². The maximum atomic E-state index is 12.1. The number of aromatic nitrogens is 1. The number of benzene rings is 1. The minimum atomic E-state index is -3.00. The minimum absolute atomic E-state index is 0.0186. The third kappa shape index (κ3) is 2.66. The molecular formula is C13H13ClN2O3S. The topological polar surface area (TPSA) is 79.0 Å². The Morgan fingerprint density at radius 3 is 2.85 bits per heavy atom. The number of carbonyl (C=O) groups excluding carboxylic acids is 1. The first-order chi connectivity index (χ1) is 9.43. The molecule has 106 valence electrons. The largest absolute Gasteiger partial charge is 0.350 e. The molecule has 0 bridgehead atoms. The van der Waals surface area contributed by atoms with E-state index >= 15 is 0 Å². The fourth-order valence-electron chi connectivity index (χ4n) is 2.39. The van der Waals surface area contributed by atoms with Gasteiger partial charge < -0.3 is 10.3 Å². The van der Waals surface area contributed by atoms with Crippen LogP contribution in [0.5, 0.6) is 0 Å². The van der Waals surface area contributed by atoms with Crippen LogP contribution in [0, 0.1) is 0 Å². The van der Waals surface area contributed by atoms with Crippen LogP contribution >= 0.6 is 11.6 Å². The zero-order valence-corrected chi connectivity index (χ0v) is 12.1. The molecule has 0 saturated carbocycles. The molecule has 0 unspecified atom stereocenters. The zero-order chi connectivity index (χ0) is 14.3. The lowest BCUT2D eigenvalue weighted by molar-refractivity contribution is 0.0937. The van der Waals surface area contributed by atoms with Crippen LogP contribution in [-0.2, 0) is 9.84 Å². The zero-order valence-electron chi connectivity index (χ0n) is 10.5. The van der Waals surface area contributed by atoms with Gasteiger partial charge in [0.2, 0.25) is 0 Å². The molecule has 5 nitrogen and oxygen atoms in total. The summed E-state index contributed by atoms with van der Waals surface area (Å²) in [6.07, 6.45) is 0.472. The Balaban J connectivity index is 1.79. The van der Waals surface area contributed by atoms with Gasteiger partial charge in [-0.15, -0.1) is 0 Å². The summed E-state index contributed by atoms with van der Waals surface area (Å²) in [7, 11) is -3.00. The minimum Gasteiger partial charge on any atom is -0.350 e. The van der Waals surface area contributed by atoms with Gasteiger partial charge in [0.25, 0.3) is 5.91 Å². The van der Waals surface area contributed by atoms with E-state index in [2.05, 4.69) is 10.3 Å². The number of hydrogen-bond acceptors (Lipinski definition) is 3. The van der Waals surface area contributed by atoms with Crippen molar-refractivity contribution in [2.45, 2.75) is 12.5 Å². The van der Waals surface area contributed by atoms with E-state index in [1.807, 2.05) is 6.07 Å². The number of nitrogens with one attached hydrogen (secondary N) is 2. The molecular weight excluding hydrogens is 300 g/mol. The highest BCUT2D eigenvalue weighted by atomic mass is 35.5. The number of aromatic amines is 1. The quantitative estimate of drug-likeness (QED) is 0.886. The molecule has 2 N–H and O–H groups in total. The van der Waals surface area contributed by atoms with Crippen LogP contribution in [0.25, 0.3) is 10.9 Å². The lowest BCUT2D eigenvalue weighted by Gasteiger charge is -2.09. The molecule has 7 heteroatoms. The molecule has 20 heavy (non-hydrogen) atoms. The molecule has 1 aliphatic heterocycles. The van der Waals surface area contributed by atoms with Crippen LogP contribution in [0.1, 0.15) is 16.9 Å². The Morgan fingerprint density at radius 2 is 2.15 bits per heavy atom. The van der Waals surface area contributed by atoms with E-state index < -0.39 is 9.84 Å². The number of H-pyrrole nitrogens is 1. The van der Waals surface area contributed by atoms with E-state index in [9.17, 15) is 13.2 Å².